The Balaban J connectivity index is 1.85. The third-order valence-electron chi connectivity index (χ3n) is 3.74. The van der Waals surface area contributed by atoms with Crippen molar-refractivity contribution in [3.05, 3.63) is 53.1 Å². The number of carbonyl (C=O) groups excluding carboxylic acids is 2. The standard InChI is InChI=1S/C17H15ClN2O2S/c1-10-13(18)3-2-4-14(10)20-16(21)9-15(17(20)22)23-12-7-5-11(19)6-8-12/h2-8,15H,9,19H2,1H3. The second kappa shape index (κ2) is 6.26. The molecule has 1 atom stereocenters. The van der Waals surface area contributed by atoms with Crippen molar-refractivity contribution in [1.29, 1.82) is 0 Å². The van der Waals surface area contributed by atoms with Gasteiger partial charge in [0.25, 0.3) is 0 Å². The molecule has 1 heterocycles. The summed E-state index contributed by atoms with van der Waals surface area (Å²) in [5.41, 5.74) is 7.62. The Morgan fingerprint density at radius 3 is 2.57 bits per heavy atom. The van der Waals surface area contributed by atoms with Crippen LogP contribution in [0, 0.1) is 6.92 Å². The van der Waals surface area contributed by atoms with Crippen LogP contribution in [0.25, 0.3) is 0 Å². The highest BCUT2D eigenvalue weighted by Gasteiger charge is 2.40. The third-order valence-corrected chi connectivity index (χ3v) is 5.35. The fraction of sp³-hybridized carbons (Fsp3) is 0.176. The van der Waals surface area contributed by atoms with Crippen molar-refractivity contribution in [2.45, 2.75) is 23.5 Å². The molecule has 3 rings (SSSR count). The summed E-state index contributed by atoms with van der Waals surface area (Å²) in [6, 6.07) is 12.5. The molecule has 1 saturated heterocycles. The molecule has 0 spiro atoms. The summed E-state index contributed by atoms with van der Waals surface area (Å²) >= 11 is 7.48. The lowest BCUT2D eigenvalue weighted by molar-refractivity contribution is -0.121. The minimum Gasteiger partial charge on any atom is -0.399 e. The molecule has 0 aromatic heterocycles. The largest absolute Gasteiger partial charge is 0.399 e. The molecule has 2 aromatic carbocycles. The fourth-order valence-electron chi connectivity index (χ4n) is 2.50. The first-order valence-electron chi connectivity index (χ1n) is 7.11. The molecule has 0 saturated carbocycles. The summed E-state index contributed by atoms with van der Waals surface area (Å²) < 4.78 is 0. The predicted octanol–water partition coefficient (Wildman–Crippen LogP) is 3.65. The number of hydrogen-bond acceptors (Lipinski definition) is 4. The second-order valence-corrected chi connectivity index (χ2v) is 7.01. The van der Waals surface area contributed by atoms with E-state index < -0.39 is 5.25 Å². The van der Waals surface area contributed by atoms with Crippen LogP contribution in [0.2, 0.25) is 5.02 Å². The maximum atomic E-state index is 12.7. The van der Waals surface area contributed by atoms with Gasteiger partial charge in [-0.2, -0.15) is 0 Å². The van der Waals surface area contributed by atoms with Gasteiger partial charge >= 0.3 is 0 Å². The maximum absolute atomic E-state index is 12.7. The third kappa shape index (κ3) is 3.07. The quantitative estimate of drug-likeness (QED) is 0.680. The second-order valence-electron chi connectivity index (χ2n) is 5.33. The summed E-state index contributed by atoms with van der Waals surface area (Å²) in [5, 5.41) is 0.113. The van der Waals surface area contributed by atoms with E-state index in [2.05, 4.69) is 0 Å². The number of imide groups is 1. The van der Waals surface area contributed by atoms with Gasteiger partial charge in [-0.05, 0) is 48.9 Å². The van der Waals surface area contributed by atoms with Crippen LogP contribution in [-0.2, 0) is 9.59 Å². The maximum Gasteiger partial charge on any atom is 0.247 e. The molecule has 2 N–H and O–H groups in total. The number of amides is 2. The van der Waals surface area contributed by atoms with E-state index in [1.807, 2.05) is 12.1 Å². The molecule has 0 radical (unpaired) electrons. The average Bonchev–Trinajstić information content (AvgIpc) is 2.79. The van der Waals surface area contributed by atoms with Crippen LogP contribution in [0.3, 0.4) is 0 Å². The van der Waals surface area contributed by atoms with E-state index in [9.17, 15) is 9.59 Å². The number of thioether (sulfide) groups is 1. The molecular formula is C17H15ClN2O2S. The van der Waals surface area contributed by atoms with E-state index in [4.69, 9.17) is 17.3 Å². The Morgan fingerprint density at radius 2 is 1.87 bits per heavy atom. The van der Waals surface area contributed by atoms with Gasteiger partial charge in [0, 0.05) is 22.0 Å². The van der Waals surface area contributed by atoms with E-state index >= 15 is 0 Å². The molecular weight excluding hydrogens is 332 g/mol. The van der Waals surface area contributed by atoms with Gasteiger partial charge in [-0.3, -0.25) is 9.59 Å². The number of halogens is 1. The zero-order valence-electron chi connectivity index (χ0n) is 12.5. The van der Waals surface area contributed by atoms with Gasteiger partial charge < -0.3 is 5.73 Å². The minimum atomic E-state index is -0.426. The van der Waals surface area contributed by atoms with E-state index in [1.54, 1.807) is 37.3 Å². The number of anilines is 2. The highest BCUT2D eigenvalue weighted by molar-refractivity contribution is 8.00. The van der Waals surface area contributed by atoms with Crippen LogP contribution < -0.4 is 10.6 Å². The first kappa shape index (κ1) is 15.9. The summed E-state index contributed by atoms with van der Waals surface area (Å²) in [4.78, 5) is 27.2. The van der Waals surface area contributed by atoms with Crippen LogP contribution in [0.4, 0.5) is 11.4 Å². The van der Waals surface area contributed by atoms with E-state index in [0.29, 0.717) is 16.4 Å². The summed E-state index contributed by atoms with van der Waals surface area (Å²) in [5.74, 6) is -0.407. The molecule has 118 valence electrons. The molecule has 2 amide bonds. The molecule has 23 heavy (non-hydrogen) atoms. The van der Waals surface area contributed by atoms with Gasteiger partial charge in [-0.15, -0.1) is 11.8 Å². The predicted molar refractivity (Wildman–Crippen MR) is 93.8 cm³/mol. The highest BCUT2D eigenvalue weighted by Crippen LogP contribution is 2.36. The molecule has 6 heteroatoms. The Morgan fingerprint density at radius 1 is 1.17 bits per heavy atom. The summed E-state index contributed by atoms with van der Waals surface area (Å²) in [6.45, 7) is 1.80. The molecule has 1 unspecified atom stereocenters. The normalized spacial score (nSPS) is 17.8. The van der Waals surface area contributed by atoms with Crippen molar-refractivity contribution in [1.82, 2.24) is 0 Å². The van der Waals surface area contributed by atoms with E-state index in [1.165, 1.54) is 16.7 Å². The van der Waals surface area contributed by atoms with Gasteiger partial charge in [0.2, 0.25) is 11.8 Å². The number of nitrogens with zero attached hydrogens (tertiary/aromatic N) is 1. The number of hydrogen-bond donors (Lipinski definition) is 1. The van der Waals surface area contributed by atoms with Crippen molar-refractivity contribution >= 4 is 46.6 Å². The van der Waals surface area contributed by atoms with Gasteiger partial charge in [-0.25, -0.2) is 4.90 Å². The molecule has 0 bridgehead atoms. The fourth-order valence-corrected chi connectivity index (χ4v) is 3.72. The van der Waals surface area contributed by atoms with Crippen LogP contribution >= 0.6 is 23.4 Å². The lowest BCUT2D eigenvalue weighted by atomic mass is 10.2. The smallest absolute Gasteiger partial charge is 0.247 e. The Bertz CT molecular complexity index is 777. The number of nitrogens with two attached hydrogens (primary N) is 1. The van der Waals surface area contributed by atoms with Gasteiger partial charge in [0.05, 0.1) is 10.9 Å². The van der Waals surface area contributed by atoms with Crippen molar-refractivity contribution < 1.29 is 9.59 Å². The number of rotatable bonds is 3. The van der Waals surface area contributed by atoms with E-state index in [-0.39, 0.29) is 18.2 Å². The molecule has 2 aromatic rings. The lowest BCUT2D eigenvalue weighted by Crippen LogP contribution is -2.31. The summed E-state index contributed by atoms with van der Waals surface area (Å²) in [6.07, 6.45) is 0.180. The average molecular weight is 347 g/mol. The highest BCUT2D eigenvalue weighted by atomic mass is 35.5. The SMILES string of the molecule is Cc1c(Cl)cccc1N1C(=O)CC(Sc2ccc(N)cc2)C1=O. The topological polar surface area (TPSA) is 63.4 Å². The number of benzene rings is 2. The Kier molecular flexibility index (Phi) is 4.33. The van der Waals surface area contributed by atoms with Crippen molar-refractivity contribution in [3.8, 4) is 0 Å². The lowest BCUT2D eigenvalue weighted by Gasteiger charge is -2.18. The first-order valence-corrected chi connectivity index (χ1v) is 8.37. The zero-order valence-corrected chi connectivity index (χ0v) is 14.0. The minimum absolute atomic E-state index is 0.180. The molecule has 0 aliphatic carbocycles. The van der Waals surface area contributed by atoms with Crippen LogP contribution in [0.5, 0.6) is 0 Å². The first-order chi connectivity index (χ1) is 11.0. The van der Waals surface area contributed by atoms with Crippen molar-refractivity contribution in [2.75, 3.05) is 10.6 Å². The van der Waals surface area contributed by atoms with Crippen LogP contribution in [0.15, 0.2) is 47.4 Å². The Hall–Kier alpha value is -1.98. The molecule has 1 aliphatic heterocycles. The monoisotopic (exact) mass is 346 g/mol. The molecule has 1 aliphatic rings. The Labute approximate surface area is 143 Å². The van der Waals surface area contributed by atoms with Gasteiger partial charge in [0.1, 0.15) is 0 Å². The van der Waals surface area contributed by atoms with Crippen LogP contribution in [0.1, 0.15) is 12.0 Å². The van der Waals surface area contributed by atoms with Crippen LogP contribution in [-0.4, -0.2) is 17.1 Å². The van der Waals surface area contributed by atoms with E-state index in [0.717, 1.165) is 10.5 Å². The molecule has 1 fully saturated rings. The van der Waals surface area contributed by atoms with Gasteiger partial charge in [0.15, 0.2) is 0 Å². The summed E-state index contributed by atoms with van der Waals surface area (Å²) in [7, 11) is 0. The number of nitrogen functional groups attached to an aromatic ring is 1. The molecule has 4 nitrogen and oxygen atoms in total. The van der Waals surface area contributed by atoms with Crippen molar-refractivity contribution in [2.24, 2.45) is 0 Å². The zero-order chi connectivity index (χ0) is 16.6. The van der Waals surface area contributed by atoms with Crippen molar-refractivity contribution in [3.63, 3.8) is 0 Å². The van der Waals surface area contributed by atoms with Gasteiger partial charge in [-0.1, -0.05) is 17.7 Å². The number of carbonyl (C=O) groups is 2.